The van der Waals surface area contributed by atoms with Gasteiger partial charge in [-0.25, -0.2) is 4.39 Å². The monoisotopic (exact) mass is 484 g/mol. The normalized spacial score (nSPS) is 11.0. The van der Waals surface area contributed by atoms with E-state index in [-0.39, 0.29) is 22.8 Å². The van der Waals surface area contributed by atoms with E-state index in [1.807, 2.05) is 24.3 Å². The minimum absolute atomic E-state index is 0. The Hall–Kier alpha value is -1.99. The number of halogens is 3. The predicted octanol–water partition coefficient (Wildman–Crippen LogP) is 2.98. The van der Waals surface area contributed by atoms with Crippen molar-refractivity contribution >= 4 is 34.8 Å². The van der Waals surface area contributed by atoms with Crippen LogP contribution in [-0.2, 0) is 6.16 Å². The van der Waals surface area contributed by atoms with Gasteiger partial charge in [-0.15, -0.1) is 0 Å². The Morgan fingerprint density at radius 3 is 1.41 bits per heavy atom. The molecule has 0 spiro atoms. The second-order valence-electron chi connectivity index (χ2n) is 6.71. The number of hydrogen-bond acceptors (Lipinski definition) is 0. The van der Waals surface area contributed by atoms with Gasteiger partial charge in [0.1, 0.15) is 35.2 Å². The van der Waals surface area contributed by atoms with Crippen LogP contribution in [0.15, 0.2) is 109 Å². The lowest BCUT2D eigenvalue weighted by Gasteiger charge is -2.28. The lowest BCUT2D eigenvalue weighted by Crippen LogP contribution is -3.00. The number of rotatable bonds is 5. The molecule has 4 aromatic rings. The Morgan fingerprint density at radius 2 is 1.03 bits per heavy atom. The van der Waals surface area contributed by atoms with Gasteiger partial charge < -0.3 is 17.0 Å². The fourth-order valence-electron chi connectivity index (χ4n) is 3.67. The maximum Gasteiger partial charge on any atom is 0.131 e. The molecule has 0 aromatic heterocycles. The summed E-state index contributed by atoms with van der Waals surface area (Å²) in [4.78, 5) is 0. The summed E-state index contributed by atoms with van der Waals surface area (Å²) in [5.74, 6) is -0.250. The zero-order chi connectivity index (χ0) is 19.4. The first-order chi connectivity index (χ1) is 13.7. The smallest absolute Gasteiger partial charge is 0.131 e. The maximum absolute atomic E-state index is 14.9. The van der Waals surface area contributed by atoms with Gasteiger partial charge in [-0.3, -0.25) is 0 Å². The third-order valence-electron chi connectivity index (χ3n) is 5.01. The van der Waals surface area contributed by atoms with Crippen LogP contribution < -0.4 is 32.9 Å². The maximum atomic E-state index is 14.9. The molecule has 0 saturated carbocycles. The van der Waals surface area contributed by atoms with Crippen molar-refractivity contribution in [2.45, 2.75) is 6.16 Å². The highest BCUT2D eigenvalue weighted by Gasteiger charge is 2.45. The highest BCUT2D eigenvalue weighted by atomic mass is 79.9. The van der Waals surface area contributed by atoms with Crippen molar-refractivity contribution in [1.29, 1.82) is 0 Å². The van der Waals surface area contributed by atoms with Crippen molar-refractivity contribution in [3.63, 3.8) is 0 Å². The summed E-state index contributed by atoms with van der Waals surface area (Å²) in [6.07, 6.45) is 0.605. The van der Waals surface area contributed by atoms with Crippen LogP contribution in [0.1, 0.15) is 5.56 Å². The molecule has 0 atom stereocenters. The molecular weight excluding hydrogens is 466 g/mol. The quantitative estimate of drug-likeness (QED) is 0.381. The van der Waals surface area contributed by atoms with Crippen LogP contribution in [-0.4, -0.2) is 0 Å². The van der Waals surface area contributed by atoms with E-state index in [4.69, 9.17) is 11.6 Å². The number of benzene rings is 4. The molecule has 0 N–H and O–H groups in total. The number of hydrogen-bond donors (Lipinski definition) is 0. The average molecular weight is 486 g/mol. The summed E-state index contributed by atoms with van der Waals surface area (Å²) >= 11 is 6.01. The van der Waals surface area contributed by atoms with Gasteiger partial charge in [0.15, 0.2) is 0 Å². The summed E-state index contributed by atoms with van der Waals surface area (Å²) in [5, 5.41) is 4.13. The standard InChI is InChI=1S/C25H20ClFP.BrH/c26-21-17-16-20(25(27)18-21)19-28(22-10-4-1-5-11-22,23-12-6-2-7-13-23)24-14-8-3-9-15-24;/h1-18H,19H2;1H/q+1;/p-1. The molecule has 0 fully saturated rings. The first kappa shape index (κ1) is 21.7. The van der Waals surface area contributed by atoms with Crippen molar-refractivity contribution in [1.82, 2.24) is 0 Å². The SMILES string of the molecule is Fc1cc(Cl)ccc1C[P+](c1ccccc1)(c1ccccc1)c1ccccc1.[Br-]. The third-order valence-corrected chi connectivity index (χ3v) is 9.60. The van der Waals surface area contributed by atoms with E-state index in [0.29, 0.717) is 16.7 Å². The van der Waals surface area contributed by atoms with Gasteiger partial charge in [-0.1, -0.05) is 72.3 Å². The Labute approximate surface area is 187 Å². The third kappa shape index (κ3) is 4.46. The van der Waals surface area contributed by atoms with Gasteiger partial charge in [0.2, 0.25) is 0 Å². The highest BCUT2D eigenvalue weighted by molar-refractivity contribution is 7.95. The summed E-state index contributed by atoms with van der Waals surface area (Å²) in [7, 11) is -2.10. The predicted molar refractivity (Wildman–Crippen MR) is 120 cm³/mol. The summed E-state index contributed by atoms with van der Waals surface area (Å²) < 4.78 is 14.9. The van der Waals surface area contributed by atoms with Crippen molar-refractivity contribution in [2.24, 2.45) is 0 Å². The zero-order valence-corrected chi connectivity index (χ0v) is 18.9. The van der Waals surface area contributed by atoms with Gasteiger partial charge >= 0.3 is 0 Å². The molecule has 0 saturated heterocycles. The molecule has 0 aliphatic rings. The van der Waals surface area contributed by atoms with Gasteiger partial charge in [-0.05, 0) is 48.5 Å². The second-order valence-corrected chi connectivity index (χ2v) is 10.6. The first-order valence-electron chi connectivity index (χ1n) is 9.19. The van der Waals surface area contributed by atoms with E-state index < -0.39 is 7.26 Å². The second kappa shape index (κ2) is 9.67. The van der Waals surface area contributed by atoms with Gasteiger partial charge in [-0.2, -0.15) is 0 Å². The van der Waals surface area contributed by atoms with E-state index in [9.17, 15) is 4.39 Å². The van der Waals surface area contributed by atoms with Crippen LogP contribution in [0.25, 0.3) is 0 Å². The van der Waals surface area contributed by atoms with Gasteiger partial charge in [0.05, 0.1) is 0 Å². The first-order valence-corrected chi connectivity index (χ1v) is 11.5. The van der Waals surface area contributed by atoms with Crippen molar-refractivity contribution in [3.8, 4) is 0 Å². The minimum atomic E-state index is -2.10. The molecule has 4 heteroatoms. The van der Waals surface area contributed by atoms with Crippen LogP contribution >= 0.6 is 18.9 Å². The fourth-order valence-corrected chi connectivity index (χ4v) is 8.09. The Kier molecular flexibility index (Phi) is 7.24. The van der Waals surface area contributed by atoms with Crippen molar-refractivity contribution in [3.05, 3.63) is 126 Å². The molecule has 0 amide bonds. The van der Waals surface area contributed by atoms with E-state index >= 15 is 0 Å². The summed E-state index contributed by atoms with van der Waals surface area (Å²) in [5.41, 5.74) is 0.689. The largest absolute Gasteiger partial charge is 1.00 e. The molecule has 4 rings (SSSR count). The van der Waals surface area contributed by atoms with Gasteiger partial charge in [0, 0.05) is 10.6 Å². The van der Waals surface area contributed by atoms with Crippen molar-refractivity contribution < 1.29 is 21.4 Å². The zero-order valence-electron chi connectivity index (χ0n) is 15.7. The Morgan fingerprint density at radius 1 is 0.621 bits per heavy atom. The van der Waals surface area contributed by atoms with Crippen LogP contribution in [0, 0.1) is 5.82 Å². The molecule has 0 bridgehead atoms. The van der Waals surface area contributed by atoms with Crippen LogP contribution in [0.3, 0.4) is 0 Å². The summed E-state index contributed by atoms with van der Waals surface area (Å²) in [6.45, 7) is 0. The Bertz CT molecular complexity index is 959. The van der Waals surface area contributed by atoms with Gasteiger partial charge in [0.25, 0.3) is 0 Å². The molecular formula is C25H20BrClFP. The Balaban J connectivity index is 0.00000240. The molecule has 0 nitrogen and oxygen atoms in total. The molecule has 0 unspecified atom stereocenters. The van der Waals surface area contributed by atoms with E-state index in [1.165, 1.54) is 22.0 Å². The molecule has 0 aliphatic carbocycles. The van der Waals surface area contributed by atoms with E-state index in [2.05, 4.69) is 72.8 Å². The minimum Gasteiger partial charge on any atom is -1.00 e. The molecule has 29 heavy (non-hydrogen) atoms. The highest BCUT2D eigenvalue weighted by Crippen LogP contribution is 2.58. The van der Waals surface area contributed by atoms with Crippen LogP contribution in [0.4, 0.5) is 4.39 Å². The van der Waals surface area contributed by atoms with E-state index in [1.54, 1.807) is 6.07 Å². The molecule has 0 heterocycles. The summed E-state index contributed by atoms with van der Waals surface area (Å²) in [6, 6.07) is 36.5. The lowest BCUT2D eigenvalue weighted by atomic mass is 10.2. The van der Waals surface area contributed by atoms with Crippen LogP contribution in [0.2, 0.25) is 5.02 Å². The lowest BCUT2D eigenvalue weighted by molar-refractivity contribution is -0.00000591. The van der Waals surface area contributed by atoms with Crippen molar-refractivity contribution in [2.75, 3.05) is 0 Å². The topological polar surface area (TPSA) is 0 Å². The average Bonchev–Trinajstić information content (AvgIpc) is 2.75. The fraction of sp³-hybridized carbons (Fsp3) is 0.0400. The molecule has 4 aromatic carbocycles. The van der Waals surface area contributed by atoms with Crippen LogP contribution in [0.5, 0.6) is 0 Å². The molecule has 0 radical (unpaired) electrons. The van der Waals surface area contributed by atoms with E-state index in [0.717, 1.165) is 0 Å². The molecule has 0 aliphatic heterocycles. The molecule has 146 valence electrons.